The molecule has 30 heavy (non-hydrogen) atoms. The smallest absolute Gasteiger partial charge is 0.286 e. The number of nitro groups is 1. The van der Waals surface area contributed by atoms with Crippen molar-refractivity contribution in [3.05, 3.63) is 57.6 Å². The maximum Gasteiger partial charge on any atom is 0.286 e. The number of anilines is 1. The molecule has 1 saturated heterocycles. The lowest BCUT2D eigenvalue weighted by atomic mass is 10.1. The molecule has 0 unspecified atom stereocenters. The zero-order valence-corrected chi connectivity index (χ0v) is 17.1. The van der Waals surface area contributed by atoms with E-state index >= 15 is 0 Å². The van der Waals surface area contributed by atoms with Crippen molar-refractivity contribution < 1.29 is 23.9 Å². The fourth-order valence-electron chi connectivity index (χ4n) is 3.27. The van der Waals surface area contributed by atoms with Crippen LogP contribution in [-0.4, -0.2) is 62.8 Å². The average molecular weight is 415 g/mol. The second kappa shape index (κ2) is 10.0. The van der Waals surface area contributed by atoms with Gasteiger partial charge in [0.05, 0.1) is 38.4 Å². The fourth-order valence-corrected chi connectivity index (χ4v) is 3.27. The Hall–Kier alpha value is -3.17. The molecule has 2 aromatic rings. The summed E-state index contributed by atoms with van der Waals surface area (Å²) in [6.45, 7) is 4.38. The molecule has 0 aromatic heterocycles. The van der Waals surface area contributed by atoms with Crippen molar-refractivity contribution in [3.8, 4) is 11.5 Å². The predicted molar refractivity (Wildman–Crippen MR) is 112 cm³/mol. The summed E-state index contributed by atoms with van der Waals surface area (Å²) < 4.78 is 15.6. The lowest BCUT2D eigenvalue weighted by Gasteiger charge is -2.26. The van der Waals surface area contributed by atoms with Gasteiger partial charge in [-0.15, -0.1) is 0 Å². The first-order valence-corrected chi connectivity index (χ1v) is 9.62. The van der Waals surface area contributed by atoms with Gasteiger partial charge in [-0.25, -0.2) is 0 Å². The number of carbonyl (C=O) groups is 1. The molecule has 0 bridgehead atoms. The molecule has 1 aliphatic heterocycles. The summed E-state index contributed by atoms with van der Waals surface area (Å²) in [4.78, 5) is 25.8. The van der Waals surface area contributed by atoms with Gasteiger partial charge in [-0.2, -0.15) is 0 Å². The van der Waals surface area contributed by atoms with Gasteiger partial charge in [0.15, 0.2) is 11.5 Å². The monoisotopic (exact) mass is 415 g/mol. The summed E-state index contributed by atoms with van der Waals surface area (Å²) in [5, 5.41) is 14.1. The van der Waals surface area contributed by atoms with Crippen molar-refractivity contribution in [1.29, 1.82) is 0 Å². The Bertz CT molecular complexity index is 894. The van der Waals surface area contributed by atoms with E-state index in [0.717, 1.165) is 44.8 Å². The van der Waals surface area contributed by atoms with E-state index in [1.165, 1.54) is 26.4 Å². The number of nitrogens with one attached hydrogen (secondary N) is 1. The van der Waals surface area contributed by atoms with Crippen molar-refractivity contribution in [3.63, 3.8) is 0 Å². The highest BCUT2D eigenvalue weighted by atomic mass is 16.6. The molecule has 160 valence electrons. The summed E-state index contributed by atoms with van der Waals surface area (Å²) in [5.74, 6) is -0.166. The third-order valence-corrected chi connectivity index (χ3v) is 4.98. The molecule has 0 aliphatic carbocycles. The van der Waals surface area contributed by atoms with Gasteiger partial charge in [0.1, 0.15) is 5.56 Å². The number of amides is 1. The largest absolute Gasteiger partial charge is 0.493 e. The molecule has 0 radical (unpaired) electrons. The highest BCUT2D eigenvalue weighted by molar-refractivity contribution is 6.07. The highest BCUT2D eigenvalue weighted by Crippen LogP contribution is 2.34. The van der Waals surface area contributed by atoms with E-state index in [1.54, 1.807) is 12.1 Å². The first-order chi connectivity index (χ1) is 14.5. The van der Waals surface area contributed by atoms with Crippen LogP contribution in [0.25, 0.3) is 0 Å². The summed E-state index contributed by atoms with van der Waals surface area (Å²) in [6, 6.07) is 9.96. The summed E-state index contributed by atoms with van der Waals surface area (Å²) >= 11 is 0. The van der Waals surface area contributed by atoms with E-state index in [9.17, 15) is 14.9 Å². The summed E-state index contributed by atoms with van der Waals surface area (Å²) in [7, 11) is 2.78. The molecule has 9 nitrogen and oxygen atoms in total. The van der Waals surface area contributed by atoms with Crippen molar-refractivity contribution in [2.24, 2.45) is 0 Å². The fraction of sp³-hybridized carbons (Fsp3) is 0.381. The van der Waals surface area contributed by atoms with Gasteiger partial charge in [-0.05, 0) is 24.1 Å². The second-order valence-corrected chi connectivity index (χ2v) is 6.84. The van der Waals surface area contributed by atoms with Crippen molar-refractivity contribution in [1.82, 2.24) is 4.90 Å². The first kappa shape index (κ1) is 21.5. The van der Waals surface area contributed by atoms with Crippen LogP contribution in [0.3, 0.4) is 0 Å². The van der Waals surface area contributed by atoms with E-state index in [4.69, 9.17) is 14.2 Å². The lowest BCUT2D eigenvalue weighted by Crippen LogP contribution is -2.37. The normalized spacial score (nSPS) is 14.2. The SMILES string of the molecule is COc1cc(C(=O)Nc2ccc(CCN3CCOCC3)cc2)c([N+](=O)[O-])cc1OC. The minimum absolute atomic E-state index is 0.103. The Labute approximate surface area is 174 Å². The van der Waals surface area contributed by atoms with Crippen molar-refractivity contribution in [2.75, 3.05) is 52.4 Å². The van der Waals surface area contributed by atoms with Gasteiger partial charge in [0.2, 0.25) is 0 Å². The topological polar surface area (TPSA) is 103 Å². The van der Waals surface area contributed by atoms with Crippen LogP contribution < -0.4 is 14.8 Å². The second-order valence-electron chi connectivity index (χ2n) is 6.84. The highest BCUT2D eigenvalue weighted by Gasteiger charge is 2.24. The number of methoxy groups -OCH3 is 2. The number of hydrogen-bond donors (Lipinski definition) is 1. The minimum atomic E-state index is -0.619. The number of carbonyl (C=O) groups excluding carboxylic acids is 1. The number of benzene rings is 2. The molecule has 9 heteroatoms. The van der Waals surface area contributed by atoms with E-state index < -0.39 is 10.8 Å². The van der Waals surface area contributed by atoms with Crippen LogP contribution in [0.5, 0.6) is 11.5 Å². The Morgan fingerprint density at radius 1 is 1.13 bits per heavy atom. The molecule has 1 amide bonds. The molecule has 2 aromatic carbocycles. The number of hydrogen-bond acceptors (Lipinski definition) is 7. The van der Waals surface area contributed by atoms with Crippen LogP contribution in [0.2, 0.25) is 0 Å². The zero-order valence-electron chi connectivity index (χ0n) is 17.1. The third kappa shape index (κ3) is 5.25. The lowest BCUT2D eigenvalue weighted by molar-refractivity contribution is -0.385. The van der Waals surface area contributed by atoms with Crippen LogP contribution in [0.1, 0.15) is 15.9 Å². The Morgan fingerprint density at radius 3 is 2.37 bits per heavy atom. The molecule has 3 rings (SSSR count). The molecule has 0 spiro atoms. The maximum absolute atomic E-state index is 12.7. The molecular weight excluding hydrogens is 390 g/mol. The molecule has 1 aliphatic rings. The van der Waals surface area contributed by atoms with Crippen LogP contribution in [-0.2, 0) is 11.2 Å². The average Bonchev–Trinajstić information content (AvgIpc) is 2.78. The van der Waals surface area contributed by atoms with Crippen molar-refractivity contribution >= 4 is 17.3 Å². The Kier molecular flexibility index (Phi) is 7.21. The molecule has 1 fully saturated rings. The van der Waals surface area contributed by atoms with E-state index in [0.29, 0.717) is 5.69 Å². The molecule has 1 heterocycles. The van der Waals surface area contributed by atoms with Gasteiger partial charge in [0, 0.05) is 31.4 Å². The zero-order chi connectivity index (χ0) is 21.5. The van der Waals surface area contributed by atoms with E-state index in [-0.39, 0.29) is 22.7 Å². The van der Waals surface area contributed by atoms with Crippen LogP contribution in [0.15, 0.2) is 36.4 Å². The van der Waals surface area contributed by atoms with Crippen LogP contribution >= 0.6 is 0 Å². The van der Waals surface area contributed by atoms with Crippen molar-refractivity contribution in [2.45, 2.75) is 6.42 Å². The number of nitrogens with zero attached hydrogens (tertiary/aromatic N) is 2. The minimum Gasteiger partial charge on any atom is -0.493 e. The summed E-state index contributed by atoms with van der Waals surface area (Å²) in [6.07, 6.45) is 0.898. The molecule has 0 atom stereocenters. The number of nitro benzene ring substituents is 1. The van der Waals surface area contributed by atoms with Gasteiger partial charge in [-0.3, -0.25) is 19.8 Å². The van der Waals surface area contributed by atoms with Gasteiger partial charge in [0.25, 0.3) is 11.6 Å². The van der Waals surface area contributed by atoms with E-state index in [1.807, 2.05) is 12.1 Å². The van der Waals surface area contributed by atoms with Crippen LogP contribution in [0.4, 0.5) is 11.4 Å². The quantitative estimate of drug-likeness (QED) is 0.522. The number of ether oxygens (including phenoxy) is 3. The third-order valence-electron chi connectivity index (χ3n) is 4.98. The first-order valence-electron chi connectivity index (χ1n) is 9.62. The Balaban J connectivity index is 1.68. The maximum atomic E-state index is 12.7. The molecular formula is C21H25N3O6. The van der Waals surface area contributed by atoms with Crippen LogP contribution in [0, 0.1) is 10.1 Å². The summed E-state index contributed by atoms with van der Waals surface area (Å²) in [5.41, 5.74) is 1.25. The van der Waals surface area contributed by atoms with Gasteiger partial charge in [-0.1, -0.05) is 12.1 Å². The molecule has 0 saturated carbocycles. The number of morpholine rings is 1. The van der Waals surface area contributed by atoms with Gasteiger partial charge < -0.3 is 19.5 Å². The number of rotatable bonds is 8. The van der Waals surface area contributed by atoms with E-state index in [2.05, 4.69) is 10.2 Å². The van der Waals surface area contributed by atoms with Gasteiger partial charge >= 0.3 is 0 Å². The standard InChI is InChI=1S/C21H25N3O6/c1-28-19-13-17(18(24(26)27)14-20(19)29-2)21(25)22-16-5-3-15(4-6-16)7-8-23-9-11-30-12-10-23/h3-6,13-14H,7-12H2,1-2H3,(H,22,25). The molecule has 1 N–H and O–H groups in total. The Morgan fingerprint density at radius 2 is 1.77 bits per heavy atom. The predicted octanol–water partition coefficient (Wildman–Crippen LogP) is 2.74.